The first-order valence-electron chi connectivity index (χ1n) is 8.84. The minimum Gasteiger partial charge on any atom is -0.492 e. The molecular weight excluding hydrogens is 360 g/mol. The molecule has 2 aromatic carbocycles. The zero-order valence-electron chi connectivity index (χ0n) is 15.2. The summed E-state index contributed by atoms with van der Waals surface area (Å²) in [7, 11) is 0. The summed E-state index contributed by atoms with van der Waals surface area (Å²) >= 11 is 1.39. The van der Waals surface area contributed by atoms with Crippen LogP contribution in [-0.4, -0.2) is 39.6 Å². The Kier molecular flexibility index (Phi) is 6.87. The number of benzene rings is 2. The van der Waals surface area contributed by atoms with Crippen molar-refractivity contribution in [3.8, 4) is 17.1 Å². The molecule has 0 atom stereocenters. The molecule has 3 aromatic rings. The number of para-hydroxylation sites is 1. The second-order valence-electron chi connectivity index (χ2n) is 5.72. The molecule has 0 bridgehead atoms. The van der Waals surface area contributed by atoms with E-state index in [9.17, 15) is 4.79 Å². The second-order valence-corrected chi connectivity index (χ2v) is 6.66. The summed E-state index contributed by atoms with van der Waals surface area (Å²) in [4.78, 5) is 12.1. The largest absolute Gasteiger partial charge is 0.492 e. The van der Waals surface area contributed by atoms with E-state index in [0.717, 1.165) is 28.8 Å². The van der Waals surface area contributed by atoms with Gasteiger partial charge >= 0.3 is 0 Å². The average molecular weight is 382 g/mol. The molecule has 27 heavy (non-hydrogen) atoms. The Bertz CT molecular complexity index is 853. The highest BCUT2D eigenvalue weighted by Gasteiger charge is 2.14. The molecule has 1 N–H and O–H groups in total. The van der Waals surface area contributed by atoms with Gasteiger partial charge in [-0.2, -0.15) is 0 Å². The Morgan fingerprint density at radius 1 is 1.07 bits per heavy atom. The van der Waals surface area contributed by atoms with Gasteiger partial charge < -0.3 is 14.6 Å². The summed E-state index contributed by atoms with van der Waals surface area (Å²) in [6.45, 7) is 3.68. The Hall–Kier alpha value is -2.80. The van der Waals surface area contributed by atoms with Crippen molar-refractivity contribution in [1.82, 2.24) is 20.1 Å². The quantitative estimate of drug-likeness (QED) is 0.454. The van der Waals surface area contributed by atoms with Crippen molar-refractivity contribution < 1.29 is 9.53 Å². The highest BCUT2D eigenvalue weighted by molar-refractivity contribution is 7.99. The first kappa shape index (κ1) is 19.0. The van der Waals surface area contributed by atoms with Crippen LogP contribution in [0.5, 0.6) is 5.75 Å². The van der Waals surface area contributed by atoms with Crippen molar-refractivity contribution in [3.05, 3.63) is 60.7 Å². The molecule has 1 amide bonds. The van der Waals surface area contributed by atoms with Crippen LogP contribution in [0.4, 0.5) is 0 Å². The Morgan fingerprint density at radius 2 is 1.78 bits per heavy atom. The summed E-state index contributed by atoms with van der Waals surface area (Å²) in [5, 5.41) is 12.1. The third-order valence-corrected chi connectivity index (χ3v) is 4.80. The van der Waals surface area contributed by atoms with Gasteiger partial charge in [0.2, 0.25) is 5.91 Å². The monoisotopic (exact) mass is 382 g/mol. The number of thioether (sulfide) groups is 1. The zero-order valence-corrected chi connectivity index (χ0v) is 16.0. The number of hydrogen-bond donors (Lipinski definition) is 1. The second kappa shape index (κ2) is 9.78. The number of carbonyl (C=O) groups is 1. The number of rotatable bonds is 9. The highest BCUT2D eigenvalue weighted by atomic mass is 32.2. The van der Waals surface area contributed by atoms with Crippen molar-refractivity contribution in [1.29, 1.82) is 0 Å². The molecule has 1 heterocycles. The maximum absolute atomic E-state index is 12.1. The van der Waals surface area contributed by atoms with E-state index in [1.165, 1.54) is 11.8 Å². The molecule has 1 aromatic heterocycles. The van der Waals surface area contributed by atoms with Crippen LogP contribution in [0.15, 0.2) is 65.8 Å². The lowest BCUT2D eigenvalue weighted by molar-refractivity contribution is -0.118. The van der Waals surface area contributed by atoms with Gasteiger partial charge in [-0.3, -0.25) is 4.79 Å². The Labute approximate surface area is 163 Å². The molecule has 0 aliphatic carbocycles. The van der Waals surface area contributed by atoms with E-state index in [1.54, 1.807) is 0 Å². The van der Waals surface area contributed by atoms with Gasteiger partial charge in [0.1, 0.15) is 12.4 Å². The summed E-state index contributed by atoms with van der Waals surface area (Å²) < 4.78 is 7.58. The van der Waals surface area contributed by atoms with Gasteiger partial charge in [-0.05, 0) is 19.1 Å². The first-order valence-corrected chi connectivity index (χ1v) is 9.82. The maximum Gasteiger partial charge on any atom is 0.230 e. The van der Waals surface area contributed by atoms with E-state index in [1.807, 2.05) is 72.2 Å². The van der Waals surface area contributed by atoms with Gasteiger partial charge in [0.15, 0.2) is 11.0 Å². The molecule has 0 aliphatic rings. The molecule has 6 nitrogen and oxygen atoms in total. The average Bonchev–Trinajstić information content (AvgIpc) is 3.14. The van der Waals surface area contributed by atoms with E-state index in [0.29, 0.717) is 13.2 Å². The Morgan fingerprint density at radius 3 is 2.48 bits per heavy atom. The van der Waals surface area contributed by atoms with Crippen molar-refractivity contribution >= 4 is 17.7 Å². The highest BCUT2D eigenvalue weighted by Crippen LogP contribution is 2.23. The summed E-state index contributed by atoms with van der Waals surface area (Å²) in [5.41, 5.74) is 1.02. The minimum absolute atomic E-state index is 0.0522. The third kappa shape index (κ3) is 5.34. The third-order valence-electron chi connectivity index (χ3n) is 3.83. The topological polar surface area (TPSA) is 69.0 Å². The van der Waals surface area contributed by atoms with Crippen LogP contribution in [0, 0.1) is 0 Å². The summed E-state index contributed by atoms with van der Waals surface area (Å²) in [5.74, 6) is 1.85. The van der Waals surface area contributed by atoms with E-state index in [-0.39, 0.29) is 11.7 Å². The standard InChI is InChI=1S/C20H22N4O2S/c1-2-24-19(16-9-5-3-6-10-16)22-23-20(24)27-15-18(25)21-13-14-26-17-11-7-4-8-12-17/h3-12H,2,13-15H2,1H3,(H,21,25). The predicted octanol–water partition coefficient (Wildman–Crippen LogP) is 3.25. The lowest BCUT2D eigenvalue weighted by atomic mass is 10.2. The molecule has 0 unspecified atom stereocenters. The fourth-order valence-electron chi connectivity index (χ4n) is 2.54. The number of nitrogens with zero attached hydrogens (tertiary/aromatic N) is 3. The lowest BCUT2D eigenvalue weighted by Crippen LogP contribution is -2.29. The number of carbonyl (C=O) groups excluding carboxylic acids is 1. The summed E-state index contributed by atoms with van der Waals surface area (Å²) in [6, 6.07) is 19.5. The van der Waals surface area contributed by atoms with Crippen LogP contribution in [0.3, 0.4) is 0 Å². The summed E-state index contributed by atoms with van der Waals surface area (Å²) in [6.07, 6.45) is 0. The normalized spacial score (nSPS) is 10.6. The Balaban J connectivity index is 1.47. The molecule has 0 aliphatic heterocycles. The molecule has 140 valence electrons. The van der Waals surface area contributed by atoms with Gasteiger partial charge in [-0.25, -0.2) is 0 Å². The van der Waals surface area contributed by atoms with Crippen molar-refractivity contribution in [3.63, 3.8) is 0 Å². The molecule has 0 spiro atoms. The molecule has 0 saturated carbocycles. The number of nitrogens with one attached hydrogen (secondary N) is 1. The van der Waals surface area contributed by atoms with Gasteiger partial charge in [0, 0.05) is 12.1 Å². The fourth-order valence-corrected chi connectivity index (χ4v) is 3.37. The van der Waals surface area contributed by atoms with Crippen molar-refractivity contribution in [2.45, 2.75) is 18.6 Å². The predicted molar refractivity (Wildman–Crippen MR) is 107 cm³/mol. The van der Waals surface area contributed by atoms with Crippen LogP contribution in [0.2, 0.25) is 0 Å². The molecule has 0 radical (unpaired) electrons. The number of amides is 1. The van der Waals surface area contributed by atoms with Crippen LogP contribution in [0.25, 0.3) is 11.4 Å². The minimum atomic E-state index is -0.0522. The SMILES string of the molecule is CCn1c(SCC(=O)NCCOc2ccccc2)nnc1-c1ccccc1. The maximum atomic E-state index is 12.1. The van der Waals surface area contributed by atoms with Gasteiger partial charge in [-0.1, -0.05) is 60.3 Å². The van der Waals surface area contributed by atoms with Crippen molar-refractivity contribution in [2.75, 3.05) is 18.9 Å². The van der Waals surface area contributed by atoms with E-state index >= 15 is 0 Å². The van der Waals surface area contributed by atoms with E-state index in [4.69, 9.17) is 4.74 Å². The van der Waals surface area contributed by atoms with Crippen LogP contribution < -0.4 is 10.1 Å². The van der Waals surface area contributed by atoms with E-state index < -0.39 is 0 Å². The number of hydrogen-bond acceptors (Lipinski definition) is 5. The van der Waals surface area contributed by atoms with E-state index in [2.05, 4.69) is 15.5 Å². The van der Waals surface area contributed by atoms with Crippen molar-refractivity contribution in [2.24, 2.45) is 0 Å². The van der Waals surface area contributed by atoms with Crippen LogP contribution in [0.1, 0.15) is 6.92 Å². The molecular formula is C20H22N4O2S. The lowest BCUT2D eigenvalue weighted by Gasteiger charge is -2.08. The fraction of sp³-hybridized carbons (Fsp3) is 0.250. The van der Waals surface area contributed by atoms with Gasteiger partial charge in [-0.15, -0.1) is 10.2 Å². The van der Waals surface area contributed by atoms with Crippen LogP contribution in [-0.2, 0) is 11.3 Å². The van der Waals surface area contributed by atoms with Crippen LogP contribution >= 0.6 is 11.8 Å². The van der Waals surface area contributed by atoms with Gasteiger partial charge in [0.25, 0.3) is 0 Å². The zero-order chi connectivity index (χ0) is 18.9. The number of aromatic nitrogens is 3. The first-order chi connectivity index (χ1) is 13.3. The molecule has 7 heteroatoms. The molecule has 3 rings (SSSR count). The smallest absolute Gasteiger partial charge is 0.230 e. The molecule has 0 fully saturated rings. The number of ether oxygens (including phenoxy) is 1. The molecule has 0 saturated heterocycles. The van der Waals surface area contributed by atoms with Gasteiger partial charge in [0.05, 0.1) is 12.3 Å².